The molecular weight excluding hydrogens is 242 g/mol. The van der Waals surface area contributed by atoms with Crippen LogP contribution in [0.4, 0.5) is 5.82 Å². The smallest absolute Gasteiger partial charge is 0.328 e. The van der Waals surface area contributed by atoms with E-state index in [-0.39, 0.29) is 0 Å². The first-order chi connectivity index (χ1) is 9.00. The third kappa shape index (κ3) is 2.80. The highest BCUT2D eigenvalue weighted by Crippen LogP contribution is 2.30. The molecule has 1 N–H and O–H groups in total. The highest BCUT2D eigenvalue weighted by Gasteiger charge is 2.24. The molecule has 0 atom stereocenters. The highest BCUT2D eigenvalue weighted by atomic mass is 16.4. The molecule has 0 spiro atoms. The Morgan fingerprint density at radius 1 is 1.47 bits per heavy atom. The van der Waals surface area contributed by atoms with E-state index in [1.54, 1.807) is 6.08 Å². The van der Waals surface area contributed by atoms with Crippen LogP contribution < -0.4 is 4.90 Å². The van der Waals surface area contributed by atoms with Gasteiger partial charge in [0.1, 0.15) is 5.82 Å². The molecule has 1 aromatic rings. The number of hydrogen-bond donors (Lipinski definition) is 1. The monoisotopic (exact) mass is 263 g/mol. The lowest BCUT2D eigenvalue weighted by Gasteiger charge is -2.27. The molecule has 0 amide bonds. The summed E-state index contributed by atoms with van der Waals surface area (Å²) in [7, 11) is 3.98. The summed E-state index contributed by atoms with van der Waals surface area (Å²) < 4.78 is 1.84. The Morgan fingerprint density at radius 3 is 2.68 bits per heavy atom. The summed E-state index contributed by atoms with van der Waals surface area (Å²) in [6.07, 6.45) is 7.76. The molecule has 1 saturated carbocycles. The van der Waals surface area contributed by atoms with Gasteiger partial charge in [0.2, 0.25) is 0 Å². The normalized spacial score (nSPS) is 16.4. The first-order valence-corrected chi connectivity index (χ1v) is 6.68. The molecule has 2 rings (SSSR count). The van der Waals surface area contributed by atoms with Crippen molar-refractivity contribution in [1.29, 1.82) is 0 Å². The second-order valence-electron chi connectivity index (χ2n) is 5.17. The maximum atomic E-state index is 10.7. The number of carboxylic acid groups (broad SMARTS) is 1. The predicted molar refractivity (Wildman–Crippen MR) is 75.3 cm³/mol. The minimum absolute atomic E-state index is 0.534. The number of rotatable bonds is 4. The van der Waals surface area contributed by atoms with Gasteiger partial charge in [0.15, 0.2) is 0 Å². The van der Waals surface area contributed by atoms with Crippen molar-refractivity contribution >= 4 is 17.9 Å². The van der Waals surface area contributed by atoms with E-state index >= 15 is 0 Å². The fourth-order valence-electron chi connectivity index (χ4n) is 2.89. The molecule has 5 nitrogen and oxygen atoms in total. The van der Waals surface area contributed by atoms with Crippen LogP contribution in [0.1, 0.15) is 36.9 Å². The Kier molecular flexibility index (Phi) is 3.93. The van der Waals surface area contributed by atoms with Crippen LogP contribution in [0.25, 0.3) is 6.08 Å². The number of carboxylic acids is 1. The lowest BCUT2D eigenvalue weighted by atomic mass is 10.1. The maximum Gasteiger partial charge on any atom is 0.328 e. The molecule has 1 aliphatic carbocycles. The summed E-state index contributed by atoms with van der Waals surface area (Å²) in [6.45, 7) is 1.91. The zero-order valence-corrected chi connectivity index (χ0v) is 11.8. The Bertz CT molecular complexity index is 499. The third-order valence-electron chi connectivity index (χ3n) is 3.84. The Morgan fingerprint density at radius 2 is 2.11 bits per heavy atom. The molecule has 0 unspecified atom stereocenters. The van der Waals surface area contributed by atoms with Gasteiger partial charge in [-0.25, -0.2) is 4.79 Å². The molecule has 0 aliphatic heterocycles. The van der Waals surface area contributed by atoms with Crippen LogP contribution in [-0.4, -0.2) is 33.9 Å². The lowest BCUT2D eigenvalue weighted by Crippen LogP contribution is -2.31. The average molecular weight is 263 g/mol. The summed E-state index contributed by atoms with van der Waals surface area (Å²) in [5.41, 5.74) is 1.76. The molecule has 19 heavy (non-hydrogen) atoms. The van der Waals surface area contributed by atoms with Crippen molar-refractivity contribution in [2.45, 2.75) is 38.6 Å². The Balaban J connectivity index is 2.35. The number of aryl methyl sites for hydroxylation is 2. The van der Waals surface area contributed by atoms with E-state index in [2.05, 4.69) is 17.0 Å². The van der Waals surface area contributed by atoms with Gasteiger partial charge in [-0.05, 0) is 25.8 Å². The van der Waals surface area contributed by atoms with Crippen LogP contribution in [0.5, 0.6) is 0 Å². The van der Waals surface area contributed by atoms with Crippen molar-refractivity contribution in [3.63, 3.8) is 0 Å². The third-order valence-corrected chi connectivity index (χ3v) is 3.84. The van der Waals surface area contributed by atoms with Crippen LogP contribution in [0, 0.1) is 6.92 Å². The second-order valence-corrected chi connectivity index (χ2v) is 5.17. The van der Waals surface area contributed by atoms with Crippen LogP contribution in [0.2, 0.25) is 0 Å². The van der Waals surface area contributed by atoms with E-state index in [1.165, 1.54) is 31.8 Å². The SMILES string of the molecule is Cc1nn(C)c(N(C)C2CCCC2)c1/C=C/C(=O)O. The minimum atomic E-state index is -0.933. The predicted octanol–water partition coefficient (Wildman–Crippen LogP) is 2.21. The van der Waals surface area contributed by atoms with Gasteiger partial charge in [-0.1, -0.05) is 12.8 Å². The molecular formula is C14H21N3O2. The van der Waals surface area contributed by atoms with E-state index in [0.29, 0.717) is 6.04 Å². The van der Waals surface area contributed by atoms with Gasteiger partial charge in [0.05, 0.1) is 5.69 Å². The summed E-state index contributed by atoms with van der Waals surface area (Å²) >= 11 is 0. The van der Waals surface area contributed by atoms with Gasteiger partial charge in [-0.15, -0.1) is 0 Å². The maximum absolute atomic E-state index is 10.7. The van der Waals surface area contributed by atoms with Gasteiger partial charge in [-0.3, -0.25) is 4.68 Å². The largest absolute Gasteiger partial charge is 0.478 e. The van der Waals surface area contributed by atoms with Crippen LogP contribution in [0.3, 0.4) is 0 Å². The number of nitrogens with zero attached hydrogens (tertiary/aromatic N) is 3. The summed E-state index contributed by atoms with van der Waals surface area (Å²) in [5, 5.41) is 13.2. The van der Waals surface area contributed by atoms with E-state index in [1.807, 2.05) is 18.7 Å². The number of carbonyl (C=O) groups is 1. The van der Waals surface area contributed by atoms with Crippen LogP contribution in [0.15, 0.2) is 6.08 Å². The molecule has 1 fully saturated rings. The molecule has 1 heterocycles. The van der Waals surface area contributed by atoms with Gasteiger partial charge < -0.3 is 10.0 Å². The molecule has 0 saturated heterocycles. The Labute approximate surface area is 113 Å². The number of aliphatic carboxylic acids is 1. The standard InChI is InChI=1S/C14H21N3O2/c1-10-12(8-9-13(18)19)14(17(3)15-10)16(2)11-6-4-5-7-11/h8-9,11H,4-7H2,1-3H3,(H,18,19)/b9-8+. The molecule has 5 heteroatoms. The van der Waals surface area contributed by atoms with Gasteiger partial charge in [0, 0.05) is 31.8 Å². The fourth-order valence-corrected chi connectivity index (χ4v) is 2.89. The highest BCUT2D eigenvalue weighted by molar-refractivity contribution is 5.87. The number of anilines is 1. The summed E-state index contributed by atoms with van der Waals surface area (Å²) in [4.78, 5) is 12.9. The van der Waals surface area contributed by atoms with Gasteiger partial charge >= 0.3 is 5.97 Å². The number of aromatic nitrogens is 2. The summed E-state index contributed by atoms with van der Waals surface area (Å²) in [6, 6.07) is 0.534. The van der Waals surface area contributed by atoms with Crippen LogP contribution in [-0.2, 0) is 11.8 Å². The summed E-state index contributed by atoms with van der Waals surface area (Å²) in [5.74, 6) is 0.0691. The van der Waals surface area contributed by atoms with Crippen molar-refractivity contribution in [3.05, 3.63) is 17.3 Å². The molecule has 0 aromatic carbocycles. The van der Waals surface area contributed by atoms with Crippen LogP contribution >= 0.6 is 0 Å². The van der Waals surface area contributed by atoms with Crippen molar-refractivity contribution in [1.82, 2.24) is 9.78 Å². The lowest BCUT2D eigenvalue weighted by molar-refractivity contribution is -0.131. The van der Waals surface area contributed by atoms with Gasteiger partial charge in [-0.2, -0.15) is 5.10 Å². The first kappa shape index (κ1) is 13.6. The molecule has 1 aromatic heterocycles. The van der Waals surface area contributed by atoms with E-state index in [0.717, 1.165) is 17.1 Å². The quantitative estimate of drug-likeness (QED) is 0.846. The van der Waals surface area contributed by atoms with E-state index in [4.69, 9.17) is 5.11 Å². The Hall–Kier alpha value is -1.78. The van der Waals surface area contributed by atoms with Gasteiger partial charge in [0.25, 0.3) is 0 Å². The van der Waals surface area contributed by atoms with Crippen molar-refractivity contribution < 1.29 is 9.90 Å². The minimum Gasteiger partial charge on any atom is -0.478 e. The van der Waals surface area contributed by atoms with Crippen molar-refractivity contribution in [3.8, 4) is 0 Å². The van der Waals surface area contributed by atoms with E-state index < -0.39 is 5.97 Å². The fraction of sp³-hybridized carbons (Fsp3) is 0.571. The molecule has 1 aliphatic rings. The van der Waals surface area contributed by atoms with E-state index in [9.17, 15) is 4.79 Å². The topological polar surface area (TPSA) is 58.4 Å². The number of hydrogen-bond acceptors (Lipinski definition) is 3. The van der Waals surface area contributed by atoms with Crippen molar-refractivity contribution in [2.75, 3.05) is 11.9 Å². The van der Waals surface area contributed by atoms with Crippen molar-refractivity contribution in [2.24, 2.45) is 7.05 Å². The first-order valence-electron chi connectivity index (χ1n) is 6.68. The second kappa shape index (κ2) is 5.47. The zero-order valence-electron chi connectivity index (χ0n) is 11.8. The molecule has 0 radical (unpaired) electrons. The average Bonchev–Trinajstić information content (AvgIpc) is 2.94. The zero-order chi connectivity index (χ0) is 14.0. The molecule has 104 valence electrons. The molecule has 0 bridgehead atoms.